The zero-order valence-corrected chi connectivity index (χ0v) is 18.9. The Morgan fingerprint density at radius 1 is 1.14 bits per heavy atom. The molecular weight excluding hydrogens is 384 g/mol. The normalized spacial score (nSPS) is 16.1. The molecule has 0 spiro atoms. The van der Waals surface area contributed by atoms with Crippen LogP contribution >= 0.6 is 11.8 Å². The topological polar surface area (TPSA) is 60.3 Å². The highest BCUT2D eigenvalue weighted by atomic mass is 32.2. The zero-order valence-electron chi connectivity index (χ0n) is 18.1. The Hall–Kier alpha value is -2.02. The molecule has 0 N–H and O–H groups in total. The molecule has 6 nitrogen and oxygen atoms in total. The number of amides is 1. The molecule has 1 saturated carbocycles. The largest absolute Gasteiger partial charge is 0.497 e. The highest BCUT2D eigenvalue weighted by Gasteiger charge is 2.28. The Kier molecular flexibility index (Phi) is 7.22. The molecule has 1 aliphatic carbocycles. The SMILES string of the molecule is COc1ccc(-c2nnc(S[C@H](C)C(=O)N(C)C3CCCCC3)n2C(C)C)cc1. The van der Waals surface area contributed by atoms with Crippen LogP contribution in [0.3, 0.4) is 0 Å². The molecule has 0 saturated heterocycles. The van der Waals surface area contributed by atoms with Gasteiger partial charge >= 0.3 is 0 Å². The van der Waals surface area contributed by atoms with Gasteiger partial charge in [-0.2, -0.15) is 0 Å². The average Bonchev–Trinajstić information content (AvgIpc) is 3.17. The van der Waals surface area contributed by atoms with Gasteiger partial charge in [0.2, 0.25) is 5.91 Å². The molecule has 0 radical (unpaired) electrons. The Morgan fingerprint density at radius 2 is 1.79 bits per heavy atom. The summed E-state index contributed by atoms with van der Waals surface area (Å²) in [5.74, 6) is 1.79. The molecule has 0 aliphatic heterocycles. The predicted molar refractivity (Wildman–Crippen MR) is 117 cm³/mol. The number of thioether (sulfide) groups is 1. The third-order valence-corrected chi connectivity index (χ3v) is 6.67. The van der Waals surface area contributed by atoms with Crippen LogP contribution in [0.2, 0.25) is 0 Å². The molecule has 1 amide bonds. The van der Waals surface area contributed by atoms with E-state index < -0.39 is 0 Å². The number of hydrogen-bond acceptors (Lipinski definition) is 5. The minimum absolute atomic E-state index is 0.172. The lowest BCUT2D eigenvalue weighted by atomic mass is 9.94. The van der Waals surface area contributed by atoms with Gasteiger partial charge in [0.15, 0.2) is 11.0 Å². The van der Waals surface area contributed by atoms with Crippen molar-refractivity contribution in [1.82, 2.24) is 19.7 Å². The van der Waals surface area contributed by atoms with Crippen LogP contribution in [0.1, 0.15) is 58.9 Å². The first-order valence-electron chi connectivity index (χ1n) is 10.4. The van der Waals surface area contributed by atoms with Gasteiger partial charge in [-0.15, -0.1) is 10.2 Å². The molecule has 1 fully saturated rings. The van der Waals surface area contributed by atoms with E-state index in [0.717, 1.165) is 35.1 Å². The van der Waals surface area contributed by atoms with Crippen LogP contribution in [0.15, 0.2) is 29.4 Å². The summed E-state index contributed by atoms with van der Waals surface area (Å²) in [5.41, 5.74) is 0.983. The van der Waals surface area contributed by atoms with E-state index in [1.54, 1.807) is 7.11 Å². The second-order valence-corrected chi connectivity index (χ2v) is 9.31. The van der Waals surface area contributed by atoms with Crippen molar-refractivity contribution in [3.05, 3.63) is 24.3 Å². The minimum atomic E-state index is -0.202. The monoisotopic (exact) mass is 416 g/mol. The van der Waals surface area contributed by atoms with Crippen molar-refractivity contribution in [2.45, 2.75) is 75.4 Å². The van der Waals surface area contributed by atoms with Gasteiger partial charge in [-0.25, -0.2) is 0 Å². The van der Waals surface area contributed by atoms with E-state index in [9.17, 15) is 4.79 Å². The van der Waals surface area contributed by atoms with Gasteiger partial charge in [-0.1, -0.05) is 31.0 Å². The molecular formula is C22H32N4O2S. The molecule has 1 aromatic carbocycles. The summed E-state index contributed by atoms with van der Waals surface area (Å²) >= 11 is 1.50. The molecule has 1 heterocycles. The maximum absolute atomic E-state index is 13.0. The fourth-order valence-corrected chi connectivity index (χ4v) is 4.99. The summed E-state index contributed by atoms with van der Waals surface area (Å²) in [6.45, 7) is 6.20. The lowest BCUT2D eigenvalue weighted by Gasteiger charge is -2.32. The van der Waals surface area contributed by atoms with Crippen LogP contribution in [-0.4, -0.2) is 51.0 Å². The fraction of sp³-hybridized carbons (Fsp3) is 0.591. The summed E-state index contributed by atoms with van der Waals surface area (Å²) in [6, 6.07) is 8.38. The fourth-order valence-electron chi connectivity index (χ4n) is 3.90. The molecule has 3 rings (SSSR count). The van der Waals surface area contributed by atoms with E-state index in [1.807, 2.05) is 43.1 Å². The second-order valence-electron chi connectivity index (χ2n) is 8.00. The predicted octanol–water partition coefficient (Wildman–Crippen LogP) is 4.81. The molecule has 0 unspecified atom stereocenters. The first kappa shape index (κ1) is 21.7. The van der Waals surface area contributed by atoms with E-state index in [4.69, 9.17) is 4.74 Å². The van der Waals surface area contributed by atoms with Crippen LogP contribution in [0.4, 0.5) is 0 Å². The lowest BCUT2D eigenvalue weighted by molar-refractivity contribution is -0.131. The van der Waals surface area contributed by atoms with Gasteiger partial charge in [0, 0.05) is 24.7 Å². The number of aromatic nitrogens is 3. The van der Waals surface area contributed by atoms with Gasteiger partial charge < -0.3 is 9.64 Å². The number of methoxy groups -OCH3 is 1. The number of carbonyl (C=O) groups is 1. The molecule has 2 aromatic rings. The van der Waals surface area contributed by atoms with E-state index in [1.165, 1.54) is 31.0 Å². The second kappa shape index (κ2) is 9.65. The van der Waals surface area contributed by atoms with Crippen molar-refractivity contribution in [3.63, 3.8) is 0 Å². The summed E-state index contributed by atoms with van der Waals surface area (Å²) in [4.78, 5) is 15.0. The van der Waals surface area contributed by atoms with Crippen LogP contribution in [0.25, 0.3) is 11.4 Å². The van der Waals surface area contributed by atoms with E-state index in [2.05, 4.69) is 28.6 Å². The molecule has 1 aliphatic rings. The van der Waals surface area contributed by atoms with E-state index >= 15 is 0 Å². The average molecular weight is 417 g/mol. The van der Waals surface area contributed by atoms with Gasteiger partial charge in [0.25, 0.3) is 0 Å². The van der Waals surface area contributed by atoms with Crippen molar-refractivity contribution in [2.24, 2.45) is 0 Å². The highest BCUT2D eigenvalue weighted by molar-refractivity contribution is 8.00. The number of nitrogens with zero attached hydrogens (tertiary/aromatic N) is 4. The highest BCUT2D eigenvalue weighted by Crippen LogP contribution is 2.32. The third kappa shape index (κ3) is 4.94. The first-order valence-corrected chi connectivity index (χ1v) is 11.3. The van der Waals surface area contributed by atoms with Crippen molar-refractivity contribution in [1.29, 1.82) is 0 Å². The van der Waals surface area contributed by atoms with Crippen molar-refractivity contribution in [3.8, 4) is 17.1 Å². The van der Waals surface area contributed by atoms with Gasteiger partial charge in [0.1, 0.15) is 5.75 Å². The molecule has 158 valence electrons. The summed E-state index contributed by atoms with van der Waals surface area (Å²) in [5, 5.41) is 9.44. The molecule has 29 heavy (non-hydrogen) atoms. The number of ether oxygens (including phenoxy) is 1. The van der Waals surface area contributed by atoms with E-state index in [-0.39, 0.29) is 17.2 Å². The van der Waals surface area contributed by atoms with Gasteiger partial charge in [-0.3, -0.25) is 9.36 Å². The molecule has 1 atom stereocenters. The zero-order chi connectivity index (χ0) is 21.0. The van der Waals surface area contributed by atoms with Gasteiger partial charge in [0.05, 0.1) is 12.4 Å². The maximum Gasteiger partial charge on any atom is 0.235 e. The van der Waals surface area contributed by atoms with Crippen LogP contribution in [-0.2, 0) is 4.79 Å². The van der Waals surface area contributed by atoms with Crippen molar-refractivity contribution in [2.75, 3.05) is 14.2 Å². The summed E-state index contributed by atoms with van der Waals surface area (Å²) < 4.78 is 7.36. The van der Waals surface area contributed by atoms with Crippen LogP contribution in [0, 0.1) is 0 Å². The lowest BCUT2D eigenvalue weighted by Crippen LogP contribution is -2.42. The smallest absolute Gasteiger partial charge is 0.235 e. The first-order chi connectivity index (χ1) is 13.9. The van der Waals surface area contributed by atoms with Gasteiger partial charge in [-0.05, 0) is 57.9 Å². The third-order valence-electron chi connectivity index (χ3n) is 5.63. The molecule has 0 bridgehead atoms. The summed E-state index contributed by atoms with van der Waals surface area (Å²) in [7, 11) is 3.61. The number of carbonyl (C=O) groups excluding carboxylic acids is 1. The number of hydrogen-bond donors (Lipinski definition) is 0. The van der Waals surface area contributed by atoms with Crippen LogP contribution < -0.4 is 4.74 Å². The summed E-state index contributed by atoms with van der Waals surface area (Å²) in [6.07, 6.45) is 5.95. The quantitative estimate of drug-likeness (QED) is 0.607. The Labute approximate surface area is 178 Å². The standard InChI is InChI=1S/C22H32N4O2S/c1-15(2)26-20(17-11-13-19(28-5)14-12-17)23-24-22(26)29-16(3)21(27)25(4)18-9-7-6-8-10-18/h11-16,18H,6-10H2,1-5H3/t16-/m1/s1. The van der Waals surface area contributed by atoms with E-state index in [0.29, 0.717) is 6.04 Å². The Morgan fingerprint density at radius 3 is 2.38 bits per heavy atom. The Balaban J connectivity index is 1.77. The van der Waals surface area contributed by atoms with Crippen molar-refractivity contribution >= 4 is 17.7 Å². The molecule has 7 heteroatoms. The Bertz CT molecular complexity index is 813. The van der Waals surface area contributed by atoms with Crippen molar-refractivity contribution < 1.29 is 9.53 Å². The maximum atomic E-state index is 13.0. The molecule has 1 aromatic heterocycles. The minimum Gasteiger partial charge on any atom is -0.497 e. The van der Waals surface area contributed by atoms with Crippen LogP contribution in [0.5, 0.6) is 5.75 Å². The number of benzene rings is 1. The number of rotatable bonds is 7.